The van der Waals surface area contributed by atoms with Crippen molar-refractivity contribution in [1.82, 2.24) is 14.9 Å². The number of ketones is 1. The molecule has 2 aromatic heterocycles. The quantitative estimate of drug-likeness (QED) is 0.185. The van der Waals surface area contributed by atoms with Gasteiger partial charge in [-0.15, -0.1) is 0 Å². The number of carbonyl (C=O) groups is 5. The zero-order valence-electron chi connectivity index (χ0n) is 21.2. The Morgan fingerprint density at radius 3 is 2.30 bits per heavy atom. The lowest BCUT2D eigenvalue weighted by Crippen LogP contribution is -2.44. The number of rotatable bonds is 12. The van der Waals surface area contributed by atoms with Gasteiger partial charge in [-0.05, 0) is 33.3 Å². The zero-order valence-corrected chi connectivity index (χ0v) is 21.2. The molecule has 37 heavy (non-hydrogen) atoms. The summed E-state index contributed by atoms with van der Waals surface area (Å²) in [6.07, 6.45) is 9.54. The van der Waals surface area contributed by atoms with Gasteiger partial charge in [0.05, 0.1) is 22.9 Å². The van der Waals surface area contributed by atoms with E-state index in [9.17, 15) is 24.0 Å². The summed E-state index contributed by atoms with van der Waals surface area (Å²) >= 11 is 0. The molecule has 2 rings (SSSR count). The number of nitrogens with two attached hydrogens (primary N) is 1. The Bertz CT molecular complexity index is 1210. The van der Waals surface area contributed by atoms with Gasteiger partial charge in [0, 0.05) is 18.4 Å². The number of carboxylic acids is 2. The molecule has 0 fully saturated rings. The third kappa shape index (κ3) is 8.60. The minimum atomic E-state index is -1.65. The average Bonchev–Trinajstić information content (AvgIpc) is 3.12. The van der Waals surface area contributed by atoms with Crippen LogP contribution in [0.2, 0.25) is 0 Å². The van der Waals surface area contributed by atoms with Gasteiger partial charge < -0.3 is 30.6 Å². The van der Waals surface area contributed by atoms with Gasteiger partial charge in [-0.25, -0.2) is 9.78 Å². The molecule has 1 unspecified atom stereocenters. The lowest BCUT2D eigenvalue weighted by atomic mass is 10.1. The van der Waals surface area contributed by atoms with Crippen LogP contribution in [-0.4, -0.2) is 61.9 Å². The number of hydrogen-bond donors (Lipinski definition) is 4. The Balaban J connectivity index is 0.00000124. The highest BCUT2D eigenvalue weighted by Crippen LogP contribution is 2.32. The molecule has 0 aliphatic heterocycles. The van der Waals surface area contributed by atoms with Crippen LogP contribution in [-0.2, 0) is 25.7 Å². The van der Waals surface area contributed by atoms with Crippen molar-refractivity contribution in [2.45, 2.75) is 53.1 Å². The first-order valence-corrected chi connectivity index (χ1v) is 11.4. The number of amides is 2. The van der Waals surface area contributed by atoms with Gasteiger partial charge in [0.2, 0.25) is 5.88 Å². The molecular weight excluding hydrogens is 484 g/mol. The van der Waals surface area contributed by atoms with Crippen LogP contribution in [0.3, 0.4) is 0 Å². The van der Waals surface area contributed by atoms with Crippen LogP contribution >= 0.6 is 0 Å². The maximum atomic E-state index is 12.5. The monoisotopic (exact) mass is 516 g/mol. The van der Waals surface area contributed by atoms with Crippen LogP contribution in [0.25, 0.3) is 10.9 Å². The fourth-order valence-corrected chi connectivity index (χ4v) is 3.33. The number of carboxylic acid groups (broad SMARTS) is 2. The van der Waals surface area contributed by atoms with Gasteiger partial charge in [0.25, 0.3) is 17.6 Å². The average molecular weight is 517 g/mol. The maximum Gasteiger partial charge on any atom is 0.326 e. The molecule has 0 radical (unpaired) electrons. The van der Waals surface area contributed by atoms with Gasteiger partial charge >= 0.3 is 11.9 Å². The molecule has 0 saturated heterocycles. The number of aliphatic carboxylic acids is 2. The molecule has 0 aromatic carbocycles. The number of carbonyl (C=O) groups excluding carboxylic acids is 3. The summed E-state index contributed by atoms with van der Waals surface area (Å²) in [6.45, 7) is 7.27. The SMILES string of the molecule is C/C=C/Cn1c(C)c(C(=O)C(N)=O)c2c(OCC(=O)NC(CC(=O)O)C(=O)O)nccc21.C/C=C\CC. The second-order valence-corrected chi connectivity index (χ2v) is 7.67. The summed E-state index contributed by atoms with van der Waals surface area (Å²) in [5.74, 6) is -6.12. The van der Waals surface area contributed by atoms with Crippen LogP contribution in [0.5, 0.6) is 5.88 Å². The van der Waals surface area contributed by atoms with Crippen molar-refractivity contribution in [3.63, 3.8) is 0 Å². The molecule has 2 heterocycles. The molecule has 0 aliphatic rings. The first kappa shape index (κ1) is 30.6. The molecule has 0 spiro atoms. The fourth-order valence-electron chi connectivity index (χ4n) is 3.33. The summed E-state index contributed by atoms with van der Waals surface area (Å²) in [6, 6.07) is -0.0485. The Morgan fingerprint density at radius 2 is 1.81 bits per heavy atom. The Hall–Kier alpha value is -4.48. The zero-order chi connectivity index (χ0) is 28.1. The molecule has 0 bridgehead atoms. The van der Waals surface area contributed by atoms with Crippen molar-refractivity contribution in [2.75, 3.05) is 6.61 Å². The number of pyridine rings is 1. The Kier molecular flexibility index (Phi) is 12.2. The van der Waals surface area contributed by atoms with E-state index in [-0.39, 0.29) is 16.8 Å². The molecule has 12 nitrogen and oxygen atoms in total. The first-order valence-electron chi connectivity index (χ1n) is 11.4. The number of allylic oxidation sites excluding steroid dienone is 4. The van der Waals surface area contributed by atoms with E-state index < -0.39 is 48.6 Å². The predicted molar refractivity (Wildman–Crippen MR) is 135 cm³/mol. The maximum absolute atomic E-state index is 12.5. The number of hydrogen-bond acceptors (Lipinski definition) is 7. The van der Waals surface area contributed by atoms with Crippen molar-refractivity contribution in [3.05, 3.63) is 47.8 Å². The van der Waals surface area contributed by atoms with Crippen LogP contribution < -0.4 is 15.8 Å². The normalized spacial score (nSPS) is 11.7. The molecule has 5 N–H and O–H groups in total. The highest BCUT2D eigenvalue weighted by atomic mass is 16.5. The van der Waals surface area contributed by atoms with E-state index in [4.69, 9.17) is 20.7 Å². The van der Waals surface area contributed by atoms with Gasteiger partial charge in [-0.1, -0.05) is 31.2 Å². The number of nitrogens with one attached hydrogen (secondary N) is 1. The van der Waals surface area contributed by atoms with Gasteiger partial charge in [-0.2, -0.15) is 0 Å². The van der Waals surface area contributed by atoms with Gasteiger partial charge in [0.15, 0.2) is 6.61 Å². The fraction of sp³-hybridized carbons (Fsp3) is 0.360. The number of ether oxygens (including phenoxy) is 1. The van der Waals surface area contributed by atoms with Gasteiger partial charge in [-0.3, -0.25) is 19.2 Å². The molecule has 12 heteroatoms. The molecule has 200 valence electrons. The van der Waals surface area contributed by atoms with E-state index in [0.717, 1.165) is 6.42 Å². The van der Waals surface area contributed by atoms with Crippen molar-refractivity contribution < 1.29 is 38.9 Å². The summed E-state index contributed by atoms with van der Waals surface area (Å²) < 4.78 is 7.15. The van der Waals surface area contributed by atoms with E-state index >= 15 is 0 Å². The molecule has 0 saturated carbocycles. The lowest BCUT2D eigenvalue weighted by Gasteiger charge is -2.13. The second-order valence-electron chi connectivity index (χ2n) is 7.67. The van der Waals surface area contributed by atoms with Crippen molar-refractivity contribution in [2.24, 2.45) is 5.73 Å². The second kappa shape index (κ2) is 14.8. The van der Waals surface area contributed by atoms with Crippen molar-refractivity contribution in [3.8, 4) is 5.88 Å². The molecule has 1 atom stereocenters. The van der Waals surface area contributed by atoms with Crippen LogP contribution in [0.15, 0.2) is 36.6 Å². The van der Waals surface area contributed by atoms with Crippen LogP contribution in [0.1, 0.15) is 49.7 Å². The van der Waals surface area contributed by atoms with E-state index in [2.05, 4.69) is 24.1 Å². The minimum Gasteiger partial charge on any atom is -0.481 e. The number of aromatic nitrogens is 2. The summed E-state index contributed by atoms with van der Waals surface area (Å²) in [7, 11) is 0. The summed E-state index contributed by atoms with van der Waals surface area (Å²) in [4.78, 5) is 62.1. The highest BCUT2D eigenvalue weighted by molar-refractivity contribution is 6.45. The largest absolute Gasteiger partial charge is 0.481 e. The molecular formula is C25H32N4O8. The number of Topliss-reactive ketones (excluding diaryl/α,β-unsaturated/α-hetero) is 1. The van der Waals surface area contributed by atoms with Gasteiger partial charge in [0.1, 0.15) is 6.04 Å². The van der Waals surface area contributed by atoms with E-state index in [1.54, 1.807) is 23.6 Å². The topological polar surface area (TPSA) is 191 Å². The van der Waals surface area contributed by atoms with E-state index in [1.807, 2.05) is 25.2 Å². The lowest BCUT2D eigenvalue weighted by molar-refractivity contribution is -0.147. The summed E-state index contributed by atoms with van der Waals surface area (Å²) in [5, 5.41) is 20.0. The molecule has 2 aromatic rings. The van der Waals surface area contributed by atoms with Crippen LogP contribution in [0, 0.1) is 6.92 Å². The number of fused-ring (bicyclic) bond motifs is 1. The number of nitrogens with zero attached hydrogens (tertiary/aromatic N) is 2. The standard InChI is InChI=1S/C20H22N4O8.C5H10/c1-3-4-7-24-10(2)15(17(28)18(21)29)16-12(24)5-6-22-19(16)32-9-13(25)23-11(20(30)31)8-14(26)27;1-3-5-4-2/h3-6,11H,7-9H2,1-2H3,(H2,21,29)(H,23,25)(H,26,27)(H,30,31);3,5H,4H2,1-2H3/b4-3+;5-3-. The van der Waals surface area contributed by atoms with Crippen LogP contribution in [0.4, 0.5) is 0 Å². The first-order chi connectivity index (χ1) is 17.5. The minimum absolute atomic E-state index is 0.0187. The van der Waals surface area contributed by atoms with Crippen molar-refractivity contribution >= 4 is 40.4 Å². The molecule has 2 amide bonds. The molecule has 0 aliphatic carbocycles. The third-order valence-corrected chi connectivity index (χ3v) is 5.00. The predicted octanol–water partition coefficient (Wildman–Crippen LogP) is 1.98. The number of primary amides is 1. The van der Waals surface area contributed by atoms with Crippen molar-refractivity contribution in [1.29, 1.82) is 0 Å². The smallest absolute Gasteiger partial charge is 0.326 e. The third-order valence-electron chi connectivity index (χ3n) is 5.00. The van der Waals surface area contributed by atoms with E-state index in [0.29, 0.717) is 17.8 Å². The Labute approximate surface area is 213 Å². The highest BCUT2D eigenvalue weighted by Gasteiger charge is 2.27. The summed E-state index contributed by atoms with van der Waals surface area (Å²) in [5.41, 5.74) is 6.12. The van der Waals surface area contributed by atoms with E-state index in [1.165, 1.54) is 6.20 Å². The Morgan fingerprint density at radius 1 is 1.16 bits per heavy atom.